The van der Waals surface area contributed by atoms with Crippen LogP contribution in [-0.4, -0.2) is 44.2 Å². The van der Waals surface area contributed by atoms with E-state index in [1.807, 2.05) is 30.3 Å². The van der Waals surface area contributed by atoms with E-state index in [0.717, 1.165) is 24.0 Å². The van der Waals surface area contributed by atoms with E-state index >= 15 is 0 Å². The fourth-order valence-electron chi connectivity index (χ4n) is 3.32. The summed E-state index contributed by atoms with van der Waals surface area (Å²) in [5, 5.41) is 18.5. The molecule has 0 saturated heterocycles. The van der Waals surface area contributed by atoms with Gasteiger partial charge in [-0.15, -0.1) is 13.9 Å². The third-order valence-electron chi connectivity index (χ3n) is 5.09. The van der Waals surface area contributed by atoms with E-state index in [1.54, 1.807) is 6.92 Å². The molecule has 12 nitrogen and oxygen atoms in total. The van der Waals surface area contributed by atoms with E-state index in [-0.39, 0.29) is 28.2 Å². The first kappa shape index (κ1) is 31.7. The number of hydrogen-bond donors (Lipinski definition) is 2. The Bertz CT molecular complexity index is 1560. The molecule has 0 fully saturated rings. The minimum atomic E-state index is -3.99. The summed E-state index contributed by atoms with van der Waals surface area (Å²) in [5.41, 5.74) is 2.26. The van der Waals surface area contributed by atoms with Gasteiger partial charge >= 0.3 is 33.1 Å². The van der Waals surface area contributed by atoms with Crippen molar-refractivity contribution in [2.75, 3.05) is 24.0 Å². The predicted molar refractivity (Wildman–Crippen MR) is 154 cm³/mol. The summed E-state index contributed by atoms with van der Waals surface area (Å²) in [4.78, 5) is 7.78. The van der Waals surface area contributed by atoms with Crippen LogP contribution in [0.25, 0.3) is 0 Å². The Kier molecular flexibility index (Phi) is 11.6. The number of hydrazone groups is 1. The van der Waals surface area contributed by atoms with Crippen LogP contribution in [0.4, 0.5) is 17.2 Å². The number of anilines is 2. The molecule has 0 spiro atoms. The molecule has 3 aromatic rings. The van der Waals surface area contributed by atoms with Crippen molar-refractivity contribution in [2.24, 2.45) is 14.7 Å². The Morgan fingerprint density at radius 3 is 2.40 bits per heavy atom. The number of rotatable bonds is 9. The van der Waals surface area contributed by atoms with Crippen LogP contribution in [0.2, 0.25) is 0 Å². The van der Waals surface area contributed by atoms with Crippen LogP contribution in [0.1, 0.15) is 6.92 Å². The zero-order valence-electron chi connectivity index (χ0n) is 21.4. The Balaban J connectivity index is 0.00000216. The number of para-hydroxylation sites is 1. The number of hydrogen-bond acceptors (Lipinski definition) is 12. The van der Waals surface area contributed by atoms with Gasteiger partial charge in [-0.3, -0.25) is 10.1 Å². The summed E-state index contributed by atoms with van der Waals surface area (Å²) in [6.45, 7) is 1.77. The Morgan fingerprint density at radius 2 is 1.77 bits per heavy atom. The van der Waals surface area contributed by atoms with Crippen molar-refractivity contribution < 1.29 is 42.8 Å². The first-order valence-corrected chi connectivity index (χ1v) is 20.5. The van der Waals surface area contributed by atoms with E-state index < -0.39 is 10.0 Å². The molecule has 2 heterocycles. The van der Waals surface area contributed by atoms with E-state index in [2.05, 4.69) is 29.4 Å². The van der Waals surface area contributed by atoms with E-state index in [4.69, 9.17) is 35.8 Å². The summed E-state index contributed by atoms with van der Waals surface area (Å²) in [7, 11) is 3.57. The van der Waals surface area contributed by atoms with Crippen LogP contribution >= 0.6 is 20.2 Å². The Hall–Kier alpha value is -2.85. The molecule has 1 aliphatic heterocycles. The molecule has 0 unspecified atom stereocenters. The van der Waals surface area contributed by atoms with Gasteiger partial charge in [-0.2, -0.15) is 10.1 Å². The standard InChI is InChI=1S/C23H22N8O4S3.ClH.Hg/c1-14-18(20(24)31(28-14)16-7-5-4-6-8-16)23(36)37-30-27-15-9-11-17(12-10-15)38(32,33)29-21-19(34-2)22(35-3)26-13-25-21;;/h4-13,24,36H,1-3H3,(H,25,26,29);1H;/q;;+2/p-2/b23-18-,24-20?,30-27?;;. The number of nitrogens with one attached hydrogen (secondary N) is 2. The monoisotopic (exact) mass is 806 g/mol. The van der Waals surface area contributed by atoms with Crippen LogP contribution in [0.3, 0.4) is 0 Å². The summed E-state index contributed by atoms with van der Waals surface area (Å²) >= 11 is 6.89. The van der Waals surface area contributed by atoms with Gasteiger partial charge in [-0.25, -0.2) is 18.4 Å². The van der Waals surface area contributed by atoms with E-state index in [0.29, 0.717) is 46.1 Å². The second kappa shape index (κ2) is 14.7. The molecular formula is C23H21ClHgN8O4S3. The molecule has 0 amide bonds. The average molecular weight is 806 g/mol. The van der Waals surface area contributed by atoms with Crippen molar-refractivity contribution in [1.82, 2.24) is 9.97 Å². The van der Waals surface area contributed by atoms with Gasteiger partial charge in [0.05, 0.1) is 36.2 Å². The van der Waals surface area contributed by atoms with Gasteiger partial charge in [0.1, 0.15) is 6.33 Å². The summed E-state index contributed by atoms with van der Waals surface area (Å²) in [5.74, 6) is 0.234. The fourth-order valence-corrected chi connectivity index (χ4v) is 5.22. The molecule has 0 atom stereocenters. The molecule has 40 heavy (non-hydrogen) atoms. The first-order chi connectivity index (χ1) is 19.2. The third-order valence-corrected chi connectivity index (χ3v) is 7.41. The SMILES string of the molecule is COc1ncnc(NS(=O)(=O)c2ccc(N=NS/C([S-])=C3\C(=N)N(c4ccccc4)N=C3C)cc2)c1OC.[Cl][Hg+]. The normalized spacial score (nSPS) is 14.4. The zero-order chi connectivity index (χ0) is 29.3. The number of halogens is 1. The molecule has 0 saturated carbocycles. The van der Waals surface area contributed by atoms with Crippen LogP contribution in [0.15, 0.2) is 90.4 Å². The molecule has 1 aromatic heterocycles. The van der Waals surface area contributed by atoms with Crippen LogP contribution < -0.4 is 19.2 Å². The molecule has 0 bridgehead atoms. The summed E-state index contributed by atoms with van der Waals surface area (Å²) in [6, 6.07) is 15.1. The van der Waals surface area contributed by atoms with Gasteiger partial charge in [0, 0.05) is 17.5 Å². The molecule has 2 aromatic carbocycles. The van der Waals surface area contributed by atoms with Crippen LogP contribution in [0, 0.1) is 5.41 Å². The molecule has 204 valence electrons. The number of aromatic nitrogens is 2. The number of ether oxygens (including phenoxy) is 2. The van der Waals surface area contributed by atoms with Crippen molar-refractivity contribution in [3.8, 4) is 11.6 Å². The molecule has 17 heteroatoms. The molecule has 2 N–H and O–H groups in total. The van der Waals surface area contributed by atoms with Gasteiger partial charge in [0.2, 0.25) is 5.75 Å². The topological polar surface area (TPSA) is 155 Å². The Morgan fingerprint density at radius 1 is 1.10 bits per heavy atom. The fraction of sp³-hybridized carbons (Fsp3) is 0.130. The molecule has 0 aliphatic carbocycles. The maximum absolute atomic E-state index is 12.8. The quantitative estimate of drug-likeness (QED) is 0.126. The second-order valence-electron chi connectivity index (χ2n) is 7.48. The van der Waals surface area contributed by atoms with Gasteiger partial charge in [0.25, 0.3) is 15.9 Å². The molecular weight excluding hydrogens is 785 g/mol. The molecule has 1 aliphatic rings. The summed E-state index contributed by atoms with van der Waals surface area (Å²) < 4.78 is 42.7. The van der Waals surface area contributed by atoms with Crippen molar-refractivity contribution >= 4 is 71.6 Å². The number of amidine groups is 1. The minimum absolute atomic E-state index is 0.0259. The van der Waals surface area contributed by atoms with Crippen molar-refractivity contribution in [3.63, 3.8) is 0 Å². The summed E-state index contributed by atoms with van der Waals surface area (Å²) in [6.07, 6.45) is 1.16. The predicted octanol–water partition coefficient (Wildman–Crippen LogP) is 5.35. The molecule has 4 rings (SSSR count). The first-order valence-electron chi connectivity index (χ1n) is 11.1. The van der Waals surface area contributed by atoms with E-state index in [9.17, 15) is 8.42 Å². The van der Waals surface area contributed by atoms with E-state index in [1.165, 1.54) is 43.5 Å². The zero-order valence-corrected chi connectivity index (χ0v) is 30.1. The second-order valence-corrected chi connectivity index (χ2v) is 10.6. The van der Waals surface area contributed by atoms with Gasteiger partial charge in [0.15, 0.2) is 11.7 Å². The number of methoxy groups -OCH3 is 2. The van der Waals surface area contributed by atoms with Gasteiger partial charge in [-0.1, -0.05) is 18.2 Å². The number of benzene rings is 2. The maximum atomic E-state index is 12.8. The third kappa shape index (κ3) is 7.45. The molecule has 0 radical (unpaired) electrons. The van der Waals surface area contributed by atoms with Crippen LogP contribution in [-0.2, 0) is 47.5 Å². The van der Waals surface area contributed by atoms with Gasteiger partial charge < -0.3 is 22.1 Å². The van der Waals surface area contributed by atoms with Crippen LogP contribution in [0.5, 0.6) is 11.6 Å². The average Bonchev–Trinajstić information content (AvgIpc) is 3.27. The van der Waals surface area contributed by atoms with Crippen molar-refractivity contribution in [2.45, 2.75) is 11.8 Å². The number of nitrogens with zero attached hydrogens (tertiary/aromatic N) is 6. The van der Waals surface area contributed by atoms with Gasteiger partial charge in [-0.05, 0) is 43.3 Å². The van der Waals surface area contributed by atoms with Crippen molar-refractivity contribution in [3.05, 3.63) is 70.7 Å². The Labute approximate surface area is 260 Å². The van der Waals surface area contributed by atoms with Crippen molar-refractivity contribution in [1.29, 1.82) is 5.41 Å². The number of sulfonamides is 1.